The van der Waals surface area contributed by atoms with Gasteiger partial charge in [0.2, 0.25) is 0 Å². The van der Waals surface area contributed by atoms with Gasteiger partial charge in [-0.15, -0.1) is 0 Å². The molecule has 3 atom stereocenters. The summed E-state index contributed by atoms with van der Waals surface area (Å²) in [4.78, 5) is 34.9. The lowest BCUT2D eigenvalue weighted by molar-refractivity contribution is -0.161. The first kappa shape index (κ1) is 52.4. The molecule has 10 nitrogen and oxygen atoms in total. The van der Waals surface area contributed by atoms with E-state index in [1.807, 2.05) is 0 Å². The Hall–Kier alpha value is -2.59. The second kappa shape index (κ2) is 39.6. The Kier molecular flexibility index (Phi) is 37.8. The molecule has 0 saturated heterocycles. The summed E-state index contributed by atoms with van der Waals surface area (Å²) in [7, 11) is -4.63. The number of phosphoric acid groups is 1. The molecule has 0 aromatic heterocycles. The fourth-order valence-corrected chi connectivity index (χ4v) is 5.92. The van der Waals surface area contributed by atoms with Gasteiger partial charge in [0.1, 0.15) is 12.7 Å². The largest absolute Gasteiger partial charge is 0.472 e. The highest BCUT2D eigenvalue weighted by atomic mass is 31.2. The van der Waals surface area contributed by atoms with Gasteiger partial charge in [0.15, 0.2) is 6.10 Å². The predicted molar refractivity (Wildman–Crippen MR) is 223 cm³/mol. The maximum absolute atomic E-state index is 12.6. The van der Waals surface area contributed by atoms with E-state index in [-0.39, 0.29) is 19.4 Å². The fourth-order valence-electron chi connectivity index (χ4n) is 5.13. The van der Waals surface area contributed by atoms with Crippen molar-refractivity contribution in [3.8, 4) is 0 Å². The summed E-state index contributed by atoms with van der Waals surface area (Å²) < 4.78 is 32.6. The third-order valence-electron chi connectivity index (χ3n) is 8.34. The van der Waals surface area contributed by atoms with Crippen LogP contribution in [0.4, 0.5) is 0 Å². The molecule has 1 unspecified atom stereocenters. The summed E-state index contributed by atoms with van der Waals surface area (Å²) in [6.45, 7) is 2.18. The molecular weight excluding hydrogens is 719 g/mol. The molecule has 0 rings (SSSR count). The first-order valence-electron chi connectivity index (χ1n) is 20.9. The second-order valence-corrected chi connectivity index (χ2v) is 15.1. The van der Waals surface area contributed by atoms with E-state index < -0.39 is 51.8 Å². The third-order valence-corrected chi connectivity index (χ3v) is 9.30. The van der Waals surface area contributed by atoms with E-state index in [0.29, 0.717) is 12.8 Å². The van der Waals surface area contributed by atoms with Crippen molar-refractivity contribution in [2.24, 2.45) is 0 Å². The lowest BCUT2D eigenvalue weighted by Gasteiger charge is -2.20. The fraction of sp³-hybridized carbons (Fsp3) is 0.682. The summed E-state index contributed by atoms with van der Waals surface area (Å²) in [6, 6.07) is 0. The molecule has 0 saturated carbocycles. The Morgan fingerprint density at radius 2 is 1.00 bits per heavy atom. The summed E-state index contributed by atoms with van der Waals surface area (Å²) in [5.74, 6) is -0.980. The number of hydrogen-bond acceptors (Lipinski definition) is 9. The maximum atomic E-state index is 12.6. The van der Waals surface area contributed by atoms with Crippen molar-refractivity contribution in [3.63, 3.8) is 0 Å². The number of aliphatic hydroxyl groups is 2. The lowest BCUT2D eigenvalue weighted by atomic mass is 10.1. The number of hydrogen-bond donors (Lipinski definition) is 3. The molecule has 0 bridgehead atoms. The van der Waals surface area contributed by atoms with E-state index in [1.54, 1.807) is 0 Å². The van der Waals surface area contributed by atoms with Crippen molar-refractivity contribution in [1.29, 1.82) is 0 Å². The zero-order chi connectivity index (χ0) is 40.5. The van der Waals surface area contributed by atoms with Gasteiger partial charge in [-0.25, -0.2) is 4.57 Å². The highest BCUT2D eigenvalue weighted by Crippen LogP contribution is 2.43. The van der Waals surface area contributed by atoms with Crippen molar-refractivity contribution in [2.75, 3.05) is 26.4 Å². The highest BCUT2D eigenvalue weighted by Gasteiger charge is 2.27. The Labute approximate surface area is 333 Å². The van der Waals surface area contributed by atoms with Crippen molar-refractivity contribution in [3.05, 3.63) is 72.9 Å². The second-order valence-electron chi connectivity index (χ2n) is 13.6. The van der Waals surface area contributed by atoms with Crippen LogP contribution in [0, 0.1) is 0 Å². The van der Waals surface area contributed by atoms with E-state index >= 15 is 0 Å². The Morgan fingerprint density at radius 3 is 1.55 bits per heavy atom. The number of unbranched alkanes of at least 4 members (excludes halogenated alkanes) is 12. The molecule has 0 aromatic rings. The van der Waals surface area contributed by atoms with Gasteiger partial charge in [-0.2, -0.15) is 0 Å². The Morgan fingerprint density at radius 1 is 0.564 bits per heavy atom. The number of allylic oxidation sites excluding steroid dienone is 12. The topological polar surface area (TPSA) is 149 Å². The summed E-state index contributed by atoms with van der Waals surface area (Å²) in [5, 5.41) is 18.3. The zero-order valence-electron chi connectivity index (χ0n) is 34.1. The quantitative estimate of drug-likeness (QED) is 0.0239. The maximum Gasteiger partial charge on any atom is 0.472 e. The summed E-state index contributed by atoms with van der Waals surface area (Å²) in [5.41, 5.74) is 0. The van der Waals surface area contributed by atoms with Gasteiger partial charge in [0, 0.05) is 12.8 Å². The van der Waals surface area contributed by atoms with Crippen LogP contribution in [0.5, 0.6) is 0 Å². The smallest absolute Gasteiger partial charge is 0.462 e. The minimum Gasteiger partial charge on any atom is -0.462 e. The van der Waals surface area contributed by atoms with Crippen molar-refractivity contribution < 1.29 is 47.8 Å². The number of esters is 2. The highest BCUT2D eigenvalue weighted by molar-refractivity contribution is 7.47. The summed E-state index contributed by atoms with van der Waals surface area (Å²) in [6.07, 6.45) is 44.4. The molecule has 0 aromatic carbocycles. The van der Waals surface area contributed by atoms with Crippen LogP contribution in [-0.4, -0.2) is 65.7 Å². The van der Waals surface area contributed by atoms with Crippen LogP contribution in [0.3, 0.4) is 0 Å². The minimum absolute atomic E-state index is 0.140. The molecule has 0 aliphatic carbocycles. The molecule has 0 heterocycles. The van der Waals surface area contributed by atoms with E-state index in [4.69, 9.17) is 19.1 Å². The lowest BCUT2D eigenvalue weighted by Crippen LogP contribution is -2.29. The number of carbonyl (C=O) groups is 2. The van der Waals surface area contributed by atoms with E-state index in [0.717, 1.165) is 89.9 Å². The molecule has 11 heteroatoms. The molecular formula is C44H75O10P. The average molecular weight is 795 g/mol. The number of carbonyl (C=O) groups excluding carboxylic acids is 2. The number of rotatable bonds is 38. The van der Waals surface area contributed by atoms with Gasteiger partial charge >= 0.3 is 19.8 Å². The van der Waals surface area contributed by atoms with Gasteiger partial charge < -0.3 is 24.6 Å². The molecule has 0 aliphatic rings. The molecule has 0 aliphatic heterocycles. The Balaban J connectivity index is 4.41. The molecule has 3 N–H and O–H groups in total. The number of ether oxygens (including phenoxy) is 2. The van der Waals surface area contributed by atoms with Crippen LogP contribution in [-0.2, 0) is 32.7 Å². The van der Waals surface area contributed by atoms with Gasteiger partial charge in [0.05, 0.1) is 19.8 Å². The SMILES string of the molecule is CC/C=C\C/C=C\C/C=C\C/C=C\C/C=C\CCCCCC(=O)O[C@H](COC(=O)CCCCCCC/C=C\CCCCCC)COP(=O)(O)OC[C@@H](O)CO. The van der Waals surface area contributed by atoms with E-state index in [9.17, 15) is 24.2 Å². The van der Waals surface area contributed by atoms with Crippen LogP contribution in [0.25, 0.3) is 0 Å². The van der Waals surface area contributed by atoms with Crippen molar-refractivity contribution in [2.45, 2.75) is 167 Å². The number of aliphatic hydroxyl groups excluding tert-OH is 2. The standard InChI is InChI=1S/C44H75O10P/c1-3-5-7-9-11-13-15-17-18-19-20-21-22-24-26-28-30-32-34-36-44(48)54-42(40-53-55(49,50)52-38-41(46)37-45)39-51-43(47)35-33-31-29-27-25-23-16-14-12-10-8-6-4-2/h5,7,11,13-14,16-18,20-21,24,26,41-42,45-46H,3-4,6,8-10,12,15,19,22-23,25,27-40H2,1-2H3,(H,49,50)/b7-5-,13-11-,16-14-,18-17-,21-20-,26-24-/t41-,42+/m0/s1. The van der Waals surface area contributed by atoms with Crippen molar-refractivity contribution in [1.82, 2.24) is 0 Å². The van der Waals surface area contributed by atoms with Crippen LogP contribution in [0.2, 0.25) is 0 Å². The normalized spacial score (nSPS) is 14.6. The average Bonchev–Trinajstić information content (AvgIpc) is 3.17. The molecule has 0 amide bonds. The molecule has 0 fully saturated rings. The first-order valence-corrected chi connectivity index (χ1v) is 22.4. The molecule has 0 spiro atoms. The van der Waals surface area contributed by atoms with Crippen LogP contribution < -0.4 is 0 Å². The van der Waals surface area contributed by atoms with Crippen LogP contribution >= 0.6 is 7.82 Å². The van der Waals surface area contributed by atoms with Crippen molar-refractivity contribution >= 4 is 19.8 Å². The zero-order valence-corrected chi connectivity index (χ0v) is 35.0. The Bertz CT molecular complexity index is 1140. The minimum atomic E-state index is -4.63. The number of phosphoric ester groups is 1. The summed E-state index contributed by atoms with van der Waals surface area (Å²) >= 11 is 0. The van der Waals surface area contributed by atoms with E-state index in [1.165, 1.54) is 25.7 Å². The molecule has 55 heavy (non-hydrogen) atoms. The molecule has 316 valence electrons. The monoisotopic (exact) mass is 795 g/mol. The predicted octanol–water partition coefficient (Wildman–Crippen LogP) is 10.9. The van der Waals surface area contributed by atoms with Gasteiger partial charge in [-0.1, -0.05) is 132 Å². The van der Waals surface area contributed by atoms with E-state index in [2.05, 4.69) is 91.3 Å². The van der Waals surface area contributed by atoms with Gasteiger partial charge in [-0.3, -0.25) is 18.6 Å². The van der Waals surface area contributed by atoms with Gasteiger partial charge in [0.25, 0.3) is 0 Å². The van der Waals surface area contributed by atoms with Gasteiger partial charge in [-0.05, 0) is 83.5 Å². The molecule has 0 radical (unpaired) electrons. The third kappa shape index (κ3) is 39.4. The first-order chi connectivity index (χ1) is 26.7. The van der Waals surface area contributed by atoms with Crippen LogP contribution in [0.15, 0.2) is 72.9 Å². The van der Waals surface area contributed by atoms with Crippen LogP contribution in [0.1, 0.15) is 155 Å².